The van der Waals surface area contributed by atoms with E-state index in [0.29, 0.717) is 0 Å². The minimum atomic E-state index is -0.318. The monoisotopic (exact) mass is 392 g/mol. The van der Waals surface area contributed by atoms with Crippen LogP contribution < -0.4 is 5.46 Å². The van der Waals surface area contributed by atoms with E-state index in [1.165, 1.54) is 30.4 Å². The van der Waals surface area contributed by atoms with Gasteiger partial charge in [-0.2, -0.15) is 0 Å². The molecule has 0 radical (unpaired) electrons. The highest BCUT2D eigenvalue weighted by Crippen LogP contribution is 2.49. The Morgan fingerprint density at radius 1 is 0.667 bits per heavy atom. The van der Waals surface area contributed by atoms with Crippen molar-refractivity contribution in [3.05, 3.63) is 54.6 Å². The Hall–Kier alpha value is -1.40. The molecule has 0 amide bonds. The van der Waals surface area contributed by atoms with Crippen LogP contribution in [0.2, 0.25) is 0 Å². The Morgan fingerprint density at radius 2 is 1.19 bits per heavy atom. The third-order valence-electron chi connectivity index (χ3n) is 5.75. The number of rotatable bonds is 1. The van der Waals surface area contributed by atoms with Crippen molar-refractivity contribution >= 4 is 46.9 Å². The molecule has 0 saturated carbocycles. The lowest BCUT2D eigenvalue weighted by Crippen LogP contribution is -2.41. The zero-order valence-electron chi connectivity index (χ0n) is 15.9. The van der Waals surface area contributed by atoms with Gasteiger partial charge in [0, 0.05) is 19.6 Å². The van der Waals surface area contributed by atoms with Gasteiger partial charge in [0.15, 0.2) is 0 Å². The Bertz CT molecular complexity index is 1050. The molecule has 27 heavy (non-hydrogen) atoms. The number of fused-ring (bicyclic) bond motifs is 3. The van der Waals surface area contributed by atoms with Crippen LogP contribution in [0.5, 0.6) is 0 Å². The van der Waals surface area contributed by atoms with Crippen LogP contribution in [0.15, 0.2) is 74.2 Å². The number of hydrogen-bond donors (Lipinski definition) is 0. The van der Waals surface area contributed by atoms with Crippen LogP contribution in [0.4, 0.5) is 0 Å². The Balaban J connectivity index is 1.49. The normalized spacial score (nSPS) is 19.8. The molecular formula is C22H21BO2S2. The maximum Gasteiger partial charge on any atom is 0.494 e. The van der Waals surface area contributed by atoms with E-state index in [1.807, 2.05) is 23.5 Å². The second-order valence-corrected chi connectivity index (χ2v) is 10.3. The fourth-order valence-electron chi connectivity index (χ4n) is 3.41. The van der Waals surface area contributed by atoms with Crippen molar-refractivity contribution in [2.45, 2.75) is 58.5 Å². The molecule has 3 aromatic carbocycles. The molecule has 2 nitrogen and oxygen atoms in total. The van der Waals surface area contributed by atoms with Crippen LogP contribution in [0.1, 0.15) is 27.7 Å². The van der Waals surface area contributed by atoms with E-state index < -0.39 is 0 Å². The molecule has 5 rings (SSSR count). The van der Waals surface area contributed by atoms with Gasteiger partial charge in [0.1, 0.15) is 0 Å². The average molecular weight is 392 g/mol. The van der Waals surface area contributed by atoms with E-state index in [0.717, 1.165) is 5.46 Å². The van der Waals surface area contributed by atoms with Crippen molar-refractivity contribution in [2.75, 3.05) is 0 Å². The minimum Gasteiger partial charge on any atom is -0.399 e. The summed E-state index contributed by atoms with van der Waals surface area (Å²) >= 11 is 3.68. The van der Waals surface area contributed by atoms with Gasteiger partial charge in [-0.3, -0.25) is 0 Å². The van der Waals surface area contributed by atoms with Gasteiger partial charge in [0.25, 0.3) is 0 Å². The fourth-order valence-corrected chi connectivity index (χ4v) is 5.73. The Morgan fingerprint density at radius 3 is 1.78 bits per heavy atom. The van der Waals surface area contributed by atoms with Crippen molar-refractivity contribution in [1.29, 1.82) is 0 Å². The fraction of sp³-hybridized carbons (Fsp3) is 0.273. The van der Waals surface area contributed by atoms with E-state index in [4.69, 9.17) is 9.31 Å². The number of hydrogen-bond acceptors (Lipinski definition) is 4. The van der Waals surface area contributed by atoms with Crippen LogP contribution in [-0.2, 0) is 9.31 Å². The highest BCUT2D eigenvalue weighted by atomic mass is 32.2. The van der Waals surface area contributed by atoms with E-state index in [-0.39, 0.29) is 18.3 Å². The molecule has 0 aliphatic carbocycles. The molecule has 0 atom stereocenters. The van der Waals surface area contributed by atoms with E-state index in [2.05, 4.69) is 82.3 Å². The lowest BCUT2D eigenvalue weighted by Gasteiger charge is -2.32. The topological polar surface area (TPSA) is 18.5 Å². The molecule has 0 bridgehead atoms. The molecule has 2 heterocycles. The standard InChI is InChI=1S/C22H21BO2S2/c1-21(2)22(3,4)25-23(24-21)16-9-10-17-20(13-16)27-19-12-15-8-6-5-7-14(15)11-18(19)26-17/h5-13H,1-4H3. The second-order valence-electron chi connectivity index (χ2n) is 8.14. The smallest absolute Gasteiger partial charge is 0.399 e. The van der Waals surface area contributed by atoms with Gasteiger partial charge in [-0.1, -0.05) is 53.9 Å². The maximum atomic E-state index is 6.23. The number of benzene rings is 3. The summed E-state index contributed by atoms with van der Waals surface area (Å²) in [5.74, 6) is 0. The third-order valence-corrected chi connectivity index (χ3v) is 8.25. The molecule has 1 fully saturated rings. The highest BCUT2D eigenvalue weighted by molar-refractivity contribution is 8.05. The quantitative estimate of drug-likeness (QED) is 0.384. The predicted molar refractivity (Wildman–Crippen MR) is 114 cm³/mol. The van der Waals surface area contributed by atoms with E-state index >= 15 is 0 Å². The molecule has 0 N–H and O–H groups in total. The molecule has 2 aliphatic rings. The van der Waals surface area contributed by atoms with Crippen molar-refractivity contribution < 1.29 is 9.31 Å². The maximum absolute atomic E-state index is 6.23. The molecule has 5 heteroatoms. The van der Waals surface area contributed by atoms with Crippen molar-refractivity contribution in [1.82, 2.24) is 0 Å². The largest absolute Gasteiger partial charge is 0.494 e. The zero-order chi connectivity index (χ0) is 18.8. The van der Waals surface area contributed by atoms with Crippen LogP contribution in [0.25, 0.3) is 10.8 Å². The molecule has 2 aliphatic heterocycles. The summed E-state index contributed by atoms with van der Waals surface area (Å²) in [6.45, 7) is 8.38. The molecule has 3 aromatic rings. The van der Waals surface area contributed by atoms with Crippen molar-refractivity contribution in [3.63, 3.8) is 0 Å². The summed E-state index contributed by atoms with van der Waals surface area (Å²) in [7, 11) is -0.316. The van der Waals surface area contributed by atoms with Crippen LogP contribution >= 0.6 is 23.5 Å². The first kappa shape index (κ1) is 17.7. The van der Waals surface area contributed by atoms with Crippen LogP contribution in [-0.4, -0.2) is 18.3 Å². The van der Waals surface area contributed by atoms with Gasteiger partial charge >= 0.3 is 7.12 Å². The van der Waals surface area contributed by atoms with E-state index in [9.17, 15) is 0 Å². The van der Waals surface area contributed by atoms with Gasteiger partial charge < -0.3 is 9.31 Å². The molecule has 1 saturated heterocycles. The first-order chi connectivity index (χ1) is 12.8. The first-order valence-corrected chi connectivity index (χ1v) is 10.8. The van der Waals surface area contributed by atoms with Crippen LogP contribution in [0, 0.1) is 0 Å². The highest BCUT2D eigenvalue weighted by Gasteiger charge is 2.51. The van der Waals surface area contributed by atoms with Crippen molar-refractivity contribution in [3.8, 4) is 0 Å². The van der Waals surface area contributed by atoms with Crippen LogP contribution in [0.3, 0.4) is 0 Å². The zero-order valence-corrected chi connectivity index (χ0v) is 17.5. The predicted octanol–water partition coefficient (Wildman–Crippen LogP) is 5.75. The van der Waals surface area contributed by atoms with Gasteiger partial charge in [-0.15, -0.1) is 0 Å². The Kier molecular flexibility index (Phi) is 3.96. The minimum absolute atomic E-state index is 0.316. The average Bonchev–Trinajstić information content (AvgIpc) is 2.85. The van der Waals surface area contributed by atoms with Gasteiger partial charge in [0.05, 0.1) is 11.2 Å². The molecule has 0 spiro atoms. The first-order valence-electron chi connectivity index (χ1n) is 9.20. The van der Waals surface area contributed by atoms with E-state index in [1.54, 1.807) is 0 Å². The third kappa shape index (κ3) is 2.92. The molecule has 0 unspecified atom stereocenters. The lowest BCUT2D eigenvalue weighted by molar-refractivity contribution is 0.00578. The van der Waals surface area contributed by atoms with Gasteiger partial charge in [0.2, 0.25) is 0 Å². The Labute approximate surface area is 169 Å². The molecule has 0 aromatic heterocycles. The molecule has 136 valence electrons. The summed E-state index contributed by atoms with van der Waals surface area (Å²) in [5, 5.41) is 2.58. The van der Waals surface area contributed by atoms with Crippen molar-refractivity contribution in [2.24, 2.45) is 0 Å². The summed E-state index contributed by atoms with van der Waals surface area (Å²) in [6, 6.07) is 19.7. The second kappa shape index (κ2) is 6.05. The SMILES string of the molecule is CC1(C)OB(c2ccc3c(c2)Sc2cc4ccccc4cc2S3)OC1(C)C. The lowest BCUT2D eigenvalue weighted by atomic mass is 9.79. The van der Waals surface area contributed by atoms with Gasteiger partial charge in [-0.05, 0) is 68.2 Å². The summed E-state index contributed by atoms with van der Waals surface area (Å²) in [4.78, 5) is 5.21. The summed E-state index contributed by atoms with van der Waals surface area (Å²) in [5.41, 5.74) is 0.451. The molecular weight excluding hydrogens is 371 g/mol. The van der Waals surface area contributed by atoms with Gasteiger partial charge in [-0.25, -0.2) is 0 Å². The summed E-state index contributed by atoms with van der Waals surface area (Å²) in [6.07, 6.45) is 0. The summed E-state index contributed by atoms with van der Waals surface area (Å²) < 4.78 is 12.5.